The summed E-state index contributed by atoms with van der Waals surface area (Å²) in [7, 11) is 1.61. The molecular weight excluding hydrogens is 285 g/mol. The Labute approximate surface area is 128 Å². The Morgan fingerprint density at radius 1 is 1.27 bits per heavy atom. The zero-order valence-electron chi connectivity index (χ0n) is 12.3. The van der Waals surface area contributed by atoms with Crippen LogP contribution in [0.2, 0.25) is 0 Å². The maximum atomic E-state index is 13.7. The van der Waals surface area contributed by atoms with E-state index in [4.69, 9.17) is 4.74 Å². The molecule has 6 heteroatoms. The van der Waals surface area contributed by atoms with Crippen LogP contribution >= 0.6 is 0 Å². The van der Waals surface area contributed by atoms with Gasteiger partial charge in [0.05, 0.1) is 11.3 Å². The number of para-hydroxylation sites is 1. The van der Waals surface area contributed by atoms with Gasteiger partial charge in [0, 0.05) is 26.5 Å². The summed E-state index contributed by atoms with van der Waals surface area (Å²) >= 11 is 0. The minimum atomic E-state index is -0.403. The van der Waals surface area contributed by atoms with Crippen LogP contribution in [0.5, 0.6) is 0 Å². The average Bonchev–Trinajstić information content (AvgIpc) is 2.54. The average molecular weight is 303 g/mol. The summed E-state index contributed by atoms with van der Waals surface area (Å²) in [4.78, 5) is 16.3. The largest absolute Gasteiger partial charge is 0.385 e. The highest BCUT2D eigenvalue weighted by Crippen LogP contribution is 2.20. The van der Waals surface area contributed by atoms with Gasteiger partial charge in [-0.05, 0) is 30.7 Å². The molecule has 2 aromatic rings. The molecule has 22 heavy (non-hydrogen) atoms. The van der Waals surface area contributed by atoms with Crippen LogP contribution in [0, 0.1) is 5.82 Å². The van der Waals surface area contributed by atoms with Crippen molar-refractivity contribution < 1.29 is 13.9 Å². The van der Waals surface area contributed by atoms with Crippen molar-refractivity contribution in [1.29, 1.82) is 0 Å². The summed E-state index contributed by atoms with van der Waals surface area (Å²) in [6, 6.07) is 9.54. The predicted molar refractivity (Wildman–Crippen MR) is 82.7 cm³/mol. The van der Waals surface area contributed by atoms with E-state index in [9.17, 15) is 9.18 Å². The Morgan fingerprint density at radius 3 is 2.86 bits per heavy atom. The molecule has 0 saturated carbocycles. The summed E-state index contributed by atoms with van der Waals surface area (Å²) in [5, 5.41) is 5.63. The molecule has 116 valence electrons. The summed E-state index contributed by atoms with van der Waals surface area (Å²) in [5.74, 6) is -0.348. The summed E-state index contributed by atoms with van der Waals surface area (Å²) in [6.45, 7) is 1.08. The molecule has 1 aromatic carbocycles. The van der Waals surface area contributed by atoms with Crippen LogP contribution in [0.1, 0.15) is 16.8 Å². The van der Waals surface area contributed by atoms with Gasteiger partial charge in [-0.2, -0.15) is 0 Å². The summed E-state index contributed by atoms with van der Waals surface area (Å²) in [6.07, 6.45) is 2.27. The SMILES string of the molecule is COCCCNC(=O)c1cccnc1Nc1ccccc1F. The molecule has 0 atom stereocenters. The van der Waals surface area contributed by atoms with E-state index < -0.39 is 5.82 Å². The number of pyridine rings is 1. The molecule has 0 bridgehead atoms. The third-order valence-corrected chi connectivity index (χ3v) is 2.99. The van der Waals surface area contributed by atoms with E-state index in [1.807, 2.05) is 0 Å². The number of halogens is 1. The number of anilines is 2. The van der Waals surface area contributed by atoms with Crippen molar-refractivity contribution in [2.45, 2.75) is 6.42 Å². The van der Waals surface area contributed by atoms with Crippen LogP contribution in [0.3, 0.4) is 0 Å². The predicted octanol–water partition coefficient (Wildman–Crippen LogP) is 2.73. The topological polar surface area (TPSA) is 63.2 Å². The second-order valence-corrected chi connectivity index (χ2v) is 4.61. The normalized spacial score (nSPS) is 10.3. The Balaban J connectivity index is 2.10. The number of ether oxygens (including phenoxy) is 1. The van der Waals surface area contributed by atoms with Gasteiger partial charge >= 0.3 is 0 Å². The molecule has 1 amide bonds. The van der Waals surface area contributed by atoms with Crippen molar-refractivity contribution in [2.24, 2.45) is 0 Å². The van der Waals surface area contributed by atoms with Gasteiger partial charge in [-0.1, -0.05) is 12.1 Å². The van der Waals surface area contributed by atoms with Gasteiger partial charge < -0.3 is 15.4 Å². The second kappa shape index (κ2) is 8.09. The molecule has 2 rings (SSSR count). The third kappa shape index (κ3) is 4.26. The Morgan fingerprint density at radius 2 is 2.09 bits per heavy atom. The molecule has 5 nitrogen and oxygen atoms in total. The highest BCUT2D eigenvalue weighted by Gasteiger charge is 2.13. The number of hydrogen-bond donors (Lipinski definition) is 2. The van der Waals surface area contributed by atoms with Gasteiger partial charge in [0.15, 0.2) is 0 Å². The fourth-order valence-electron chi connectivity index (χ4n) is 1.89. The fourth-order valence-corrected chi connectivity index (χ4v) is 1.89. The minimum absolute atomic E-state index is 0.261. The number of nitrogens with one attached hydrogen (secondary N) is 2. The quantitative estimate of drug-likeness (QED) is 0.772. The van der Waals surface area contributed by atoms with Crippen LogP contribution < -0.4 is 10.6 Å². The molecule has 0 aliphatic carbocycles. The van der Waals surface area contributed by atoms with Crippen LogP contribution in [0.4, 0.5) is 15.9 Å². The maximum absolute atomic E-state index is 13.7. The molecule has 0 radical (unpaired) electrons. The van der Waals surface area contributed by atoms with E-state index in [0.29, 0.717) is 24.5 Å². The molecule has 1 aromatic heterocycles. The lowest BCUT2D eigenvalue weighted by atomic mass is 10.2. The van der Waals surface area contributed by atoms with Gasteiger partial charge in [0.25, 0.3) is 5.91 Å². The van der Waals surface area contributed by atoms with Crippen molar-refractivity contribution in [3.63, 3.8) is 0 Å². The van der Waals surface area contributed by atoms with Crippen LogP contribution in [0.15, 0.2) is 42.6 Å². The number of carbonyl (C=O) groups excluding carboxylic acids is 1. The first-order valence-electron chi connectivity index (χ1n) is 6.96. The van der Waals surface area contributed by atoms with Crippen molar-refractivity contribution in [3.8, 4) is 0 Å². The molecule has 0 aliphatic rings. The molecule has 0 fully saturated rings. The first-order valence-corrected chi connectivity index (χ1v) is 6.96. The number of benzene rings is 1. The Kier molecular flexibility index (Phi) is 5.85. The molecule has 0 spiro atoms. The molecule has 2 N–H and O–H groups in total. The van der Waals surface area contributed by atoms with Crippen molar-refractivity contribution in [3.05, 3.63) is 54.0 Å². The lowest BCUT2D eigenvalue weighted by molar-refractivity contribution is 0.0949. The molecule has 0 unspecified atom stereocenters. The lowest BCUT2D eigenvalue weighted by Crippen LogP contribution is -2.26. The van der Waals surface area contributed by atoms with Crippen molar-refractivity contribution >= 4 is 17.4 Å². The highest BCUT2D eigenvalue weighted by atomic mass is 19.1. The van der Waals surface area contributed by atoms with Gasteiger partial charge in [0.2, 0.25) is 0 Å². The standard InChI is InChI=1S/C16H18FN3O2/c1-22-11-5-10-19-16(21)12-6-4-9-18-15(12)20-14-8-3-2-7-13(14)17/h2-4,6-9H,5,10-11H2,1H3,(H,18,20)(H,19,21). The zero-order valence-corrected chi connectivity index (χ0v) is 12.3. The van der Waals surface area contributed by atoms with Crippen LogP contribution in [-0.2, 0) is 4.74 Å². The van der Waals surface area contributed by atoms with Gasteiger partial charge in [-0.3, -0.25) is 4.79 Å². The molecule has 0 saturated heterocycles. The van der Waals surface area contributed by atoms with Gasteiger partial charge in [-0.25, -0.2) is 9.37 Å². The molecule has 0 aliphatic heterocycles. The number of carbonyl (C=O) groups is 1. The monoisotopic (exact) mass is 303 g/mol. The number of aromatic nitrogens is 1. The Bertz CT molecular complexity index is 634. The fraction of sp³-hybridized carbons (Fsp3) is 0.250. The number of nitrogens with zero attached hydrogens (tertiary/aromatic N) is 1. The van der Waals surface area contributed by atoms with Gasteiger partial charge in [-0.15, -0.1) is 0 Å². The van der Waals surface area contributed by atoms with E-state index in [2.05, 4.69) is 15.6 Å². The van der Waals surface area contributed by atoms with E-state index >= 15 is 0 Å². The lowest BCUT2D eigenvalue weighted by Gasteiger charge is -2.11. The van der Waals surface area contributed by atoms with Crippen molar-refractivity contribution in [2.75, 3.05) is 25.6 Å². The number of rotatable bonds is 7. The van der Waals surface area contributed by atoms with E-state index in [0.717, 1.165) is 6.42 Å². The maximum Gasteiger partial charge on any atom is 0.255 e. The first kappa shape index (κ1) is 15.9. The summed E-state index contributed by atoms with van der Waals surface area (Å²) in [5.41, 5.74) is 0.637. The minimum Gasteiger partial charge on any atom is -0.385 e. The number of methoxy groups -OCH3 is 1. The Hall–Kier alpha value is -2.47. The summed E-state index contributed by atoms with van der Waals surface area (Å²) < 4.78 is 18.6. The van der Waals surface area contributed by atoms with E-state index in [1.54, 1.807) is 43.6 Å². The van der Waals surface area contributed by atoms with E-state index in [1.165, 1.54) is 6.07 Å². The second-order valence-electron chi connectivity index (χ2n) is 4.61. The molecular formula is C16H18FN3O2. The third-order valence-electron chi connectivity index (χ3n) is 2.99. The van der Waals surface area contributed by atoms with Gasteiger partial charge in [0.1, 0.15) is 11.6 Å². The van der Waals surface area contributed by atoms with Crippen molar-refractivity contribution in [1.82, 2.24) is 10.3 Å². The smallest absolute Gasteiger partial charge is 0.255 e. The van der Waals surface area contributed by atoms with Crippen LogP contribution in [0.25, 0.3) is 0 Å². The number of hydrogen-bond acceptors (Lipinski definition) is 4. The van der Waals surface area contributed by atoms with Crippen LogP contribution in [-0.4, -0.2) is 31.2 Å². The first-order chi connectivity index (χ1) is 10.7. The number of amides is 1. The zero-order chi connectivity index (χ0) is 15.8. The highest BCUT2D eigenvalue weighted by molar-refractivity contribution is 5.99. The molecule has 1 heterocycles. The van der Waals surface area contributed by atoms with E-state index in [-0.39, 0.29) is 11.6 Å².